The SMILES string of the molecule is Cc1ccc(NC(=O)N(CCO)/N=C/C(Br)=C/c2ccccc2)cc1NC(=O)N(CCO)/N=C/C(Br)=C/c1ccccc1. The summed E-state index contributed by atoms with van der Waals surface area (Å²) in [5.41, 5.74) is 3.48. The first-order valence-electron chi connectivity index (χ1n) is 13.2. The second-order valence-corrected chi connectivity index (χ2v) is 10.8. The van der Waals surface area contributed by atoms with Crippen LogP contribution in [0.2, 0.25) is 0 Å². The van der Waals surface area contributed by atoms with Crippen molar-refractivity contribution in [3.8, 4) is 0 Å². The third kappa shape index (κ3) is 11.6. The van der Waals surface area contributed by atoms with Crippen molar-refractivity contribution in [2.24, 2.45) is 10.2 Å². The van der Waals surface area contributed by atoms with E-state index in [1.165, 1.54) is 12.4 Å². The van der Waals surface area contributed by atoms with Gasteiger partial charge in [-0.3, -0.25) is 0 Å². The Balaban J connectivity index is 1.69. The first-order chi connectivity index (χ1) is 20.8. The number of benzene rings is 3. The quantitative estimate of drug-likeness (QED) is 0.126. The molecule has 0 atom stereocenters. The third-order valence-electron chi connectivity index (χ3n) is 5.67. The standard InChI is InChI=1S/C31H32Br2N6O4/c1-23-12-13-28(36-30(42)38(14-16-40)34-21-26(32)18-24-8-4-2-5-9-24)20-29(23)37-31(43)39(15-17-41)35-22-27(33)19-25-10-6-3-7-11-25/h2-13,18-22,40-41H,14-17H2,1H3,(H,36,42)(H,37,43)/b26-18-,27-19-,34-21+,35-22+. The van der Waals surface area contributed by atoms with Crippen molar-refractivity contribution in [1.82, 2.24) is 10.0 Å². The van der Waals surface area contributed by atoms with Crippen molar-refractivity contribution in [1.29, 1.82) is 0 Å². The molecule has 0 spiro atoms. The fourth-order valence-electron chi connectivity index (χ4n) is 3.56. The number of rotatable bonds is 12. The second kappa shape index (κ2) is 17.8. The number of hydrogen-bond acceptors (Lipinski definition) is 6. The highest BCUT2D eigenvalue weighted by atomic mass is 79.9. The molecule has 43 heavy (non-hydrogen) atoms. The zero-order chi connectivity index (χ0) is 31.0. The predicted molar refractivity (Wildman–Crippen MR) is 180 cm³/mol. The molecule has 3 aromatic carbocycles. The maximum absolute atomic E-state index is 13.0. The van der Waals surface area contributed by atoms with Crippen LogP contribution in [-0.4, -0.2) is 71.0 Å². The van der Waals surface area contributed by atoms with Crippen LogP contribution in [0.1, 0.15) is 16.7 Å². The molecule has 4 N–H and O–H groups in total. The highest BCUT2D eigenvalue weighted by molar-refractivity contribution is 9.12. The van der Waals surface area contributed by atoms with Gasteiger partial charge in [-0.05, 0) is 79.8 Å². The zero-order valence-corrected chi connectivity index (χ0v) is 26.6. The summed E-state index contributed by atoms with van der Waals surface area (Å²) in [6.45, 7) is 1.15. The third-order valence-corrected chi connectivity index (χ3v) is 6.54. The van der Waals surface area contributed by atoms with Gasteiger partial charge in [0.15, 0.2) is 0 Å². The van der Waals surface area contributed by atoms with Crippen molar-refractivity contribution >= 4 is 79.9 Å². The van der Waals surface area contributed by atoms with Crippen molar-refractivity contribution in [2.75, 3.05) is 36.9 Å². The Morgan fingerprint density at radius 3 is 1.67 bits per heavy atom. The van der Waals surface area contributed by atoms with Crippen LogP contribution in [0, 0.1) is 6.92 Å². The van der Waals surface area contributed by atoms with Gasteiger partial charge in [-0.1, -0.05) is 66.7 Å². The number of aliphatic hydroxyl groups excluding tert-OH is 2. The molecule has 3 aromatic rings. The van der Waals surface area contributed by atoms with E-state index >= 15 is 0 Å². The van der Waals surface area contributed by atoms with Crippen LogP contribution in [0.25, 0.3) is 12.2 Å². The topological polar surface area (TPSA) is 130 Å². The molecule has 0 fully saturated rings. The molecule has 4 amide bonds. The summed E-state index contributed by atoms with van der Waals surface area (Å²) >= 11 is 6.85. The lowest BCUT2D eigenvalue weighted by Gasteiger charge is -2.19. The normalized spacial score (nSPS) is 12.0. The lowest BCUT2D eigenvalue weighted by molar-refractivity contribution is 0.191. The fraction of sp³-hybridized carbons (Fsp3) is 0.161. The number of nitrogens with zero attached hydrogens (tertiary/aromatic N) is 4. The van der Waals surface area contributed by atoms with Gasteiger partial charge in [0.05, 0.1) is 38.7 Å². The van der Waals surface area contributed by atoms with Crippen LogP contribution >= 0.6 is 31.9 Å². The average molecular weight is 712 g/mol. The Kier molecular flexibility index (Phi) is 13.8. The van der Waals surface area contributed by atoms with Crippen molar-refractivity contribution < 1.29 is 19.8 Å². The number of hydrazone groups is 2. The molecular weight excluding hydrogens is 680 g/mol. The highest BCUT2D eigenvalue weighted by Crippen LogP contribution is 2.22. The smallest absolute Gasteiger partial charge is 0.342 e. The molecule has 0 aliphatic carbocycles. The van der Waals surface area contributed by atoms with E-state index in [1.54, 1.807) is 25.1 Å². The Morgan fingerprint density at radius 1 is 0.744 bits per heavy atom. The highest BCUT2D eigenvalue weighted by Gasteiger charge is 2.16. The summed E-state index contributed by atoms with van der Waals surface area (Å²) in [6, 6.07) is 23.1. The van der Waals surface area contributed by atoms with Gasteiger partial charge in [-0.2, -0.15) is 10.2 Å². The molecule has 0 aromatic heterocycles. The maximum Gasteiger partial charge on any atom is 0.342 e. The number of allylic oxidation sites excluding steroid dienone is 2. The number of halogens is 2. The van der Waals surface area contributed by atoms with Gasteiger partial charge >= 0.3 is 12.1 Å². The van der Waals surface area contributed by atoms with Gasteiger partial charge in [0.1, 0.15) is 0 Å². The minimum Gasteiger partial charge on any atom is -0.394 e. The summed E-state index contributed by atoms with van der Waals surface area (Å²) in [4.78, 5) is 26.0. The minimum absolute atomic E-state index is 0.0359. The number of anilines is 2. The number of amides is 4. The van der Waals surface area contributed by atoms with E-state index < -0.39 is 12.1 Å². The van der Waals surface area contributed by atoms with E-state index in [2.05, 4.69) is 52.7 Å². The molecule has 0 bridgehead atoms. The summed E-state index contributed by atoms with van der Waals surface area (Å²) in [5, 5.41) is 35.1. The molecule has 12 heteroatoms. The van der Waals surface area contributed by atoms with Crippen LogP contribution in [0.4, 0.5) is 21.0 Å². The molecule has 0 saturated carbocycles. The van der Waals surface area contributed by atoms with E-state index in [0.29, 0.717) is 20.3 Å². The van der Waals surface area contributed by atoms with E-state index in [4.69, 9.17) is 0 Å². The molecule has 0 aliphatic rings. The van der Waals surface area contributed by atoms with Gasteiger partial charge in [0.2, 0.25) is 0 Å². The van der Waals surface area contributed by atoms with Crippen molar-refractivity contribution in [2.45, 2.75) is 6.92 Å². The fourth-order valence-corrected chi connectivity index (χ4v) is 4.27. The predicted octanol–water partition coefficient (Wildman–Crippen LogP) is 6.49. The van der Waals surface area contributed by atoms with E-state index in [9.17, 15) is 19.8 Å². The Hall–Kier alpha value is -4.10. The average Bonchev–Trinajstić information content (AvgIpc) is 3.00. The molecule has 0 aliphatic heterocycles. The second-order valence-electron chi connectivity index (χ2n) is 8.95. The minimum atomic E-state index is -0.576. The van der Waals surface area contributed by atoms with Gasteiger partial charge in [-0.15, -0.1) is 0 Å². The first kappa shape index (κ1) is 33.4. The number of hydrogen-bond donors (Lipinski definition) is 4. The Labute approximate surface area is 267 Å². The largest absolute Gasteiger partial charge is 0.394 e. The molecule has 3 rings (SSSR count). The summed E-state index contributed by atoms with van der Waals surface area (Å²) < 4.78 is 1.26. The molecular formula is C31H32Br2N6O4. The lowest BCUT2D eigenvalue weighted by atomic mass is 10.2. The van der Waals surface area contributed by atoms with E-state index in [0.717, 1.165) is 26.7 Å². The van der Waals surface area contributed by atoms with Gasteiger partial charge in [-0.25, -0.2) is 19.6 Å². The van der Waals surface area contributed by atoms with Crippen molar-refractivity contribution in [3.05, 3.63) is 105 Å². The zero-order valence-electron chi connectivity index (χ0n) is 23.4. The molecule has 0 unspecified atom stereocenters. The van der Waals surface area contributed by atoms with Crippen LogP contribution in [-0.2, 0) is 0 Å². The van der Waals surface area contributed by atoms with Crippen LogP contribution in [0.15, 0.2) is 98.0 Å². The summed E-state index contributed by atoms with van der Waals surface area (Å²) in [6.07, 6.45) is 6.62. The van der Waals surface area contributed by atoms with E-state index in [1.807, 2.05) is 72.8 Å². The Bertz CT molecular complexity index is 1480. The molecule has 0 heterocycles. The number of nitrogens with one attached hydrogen (secondary N) is 2. The molecule has 10 nitrogen and oxygen atoms in total. The van der Waals surface area contributed by atoms with Crippen molar-refractivity contribution in [3.63, 3.8) is 0 Å². The molecule has 0 radical (unpaired) electrons. The number of aryl methyl sites for hydroxylation is 1. The van der Waals surface area contributed by atoms with Gasteiger partial charge < -0.3 is 20.8 Å². The maximum atomic E-state index is 13.0. The number of urea groups is 2. The van der Waals surface area contributed by atoms with Gasteiger partial charge in [0.25, 0.3) is 0 Å². The van der Waals surface area contributed by atoms with Gasteiger partial charge in [0, 0.05) is 20.3 Å². The number of carbonyl (C=O) groups is 2. The van der Waals surface area contributed by atoms with Crippen LogP contribution in [0.5, 0.6) is 0 Å². The first-order valence-corrected chi connectivity index (χ1v) is 14.8. The van der Waals surface area contributed by atoms with E-state index in [-0.39, 0.29) is 26.3 Å². The number of aliphatic hydroxyl groups is 2. The lowest BCUT2D eigenvalue weighted by Crippen LogP contribution is -2.34. The molecule has 0 saturated heterocycles. The summed E-state index contributed by atoms with van der Waals surface area (Å²) in [7, 11) is 0. The van der Waals surface area contributed by atoms with Crippen LogP contribution in [0.3, 0.4) is 0 Å². The monoisotopic (exact) mass is 710 g/mol. The van der Waals surface area contributed by atoms with Crippen LogP contribution < -0.4 is 10.6 Å². The summed E-state index contributed by atoms with van der Waals surface area (Å²) in [5.74, 6) is 0. The molecule has 224 valence electrons. The number of carbonyl (C=O) groups excluding carboxylic acids is 2. The Morgan fingerprint density at radius 2 is 1.21 bits per heavy atom.